The number of amides is 2. The lowest BCUT2D eigenvalue weighted by atomic mass is 10.1. The average molecular weight is 578 g/mol. The Morgan fingerprint density at radius 1 is 0.927 bits per heavy atom. The molecule has 0 bridgehead atoms. The van der Waals surface area contributed by atoms with Gasteiger partial charge in [-0.3, -0.25) is 13.9 Å². The zero-order valence-electron chi connectivity index (χ0n) is 24.0. The number of hydrogen-bond acceptors (Lipinski definition) is 5. The summed E-state index contributed by atoms with van der Waals surface area (Å²) in [6.45, 7) is 3.59. The molecule has 218 valence electrons. The van der Waals surface area contributed by atoms with E-state index in [2.05, 4.69) is 5.32 Å². The van der Waals surface area contributed by atoms with E-state index in [1.165, 1.54) is 4.90 Å². The van der Waals surface area contributed by atoms with Crippen molar-refractivity contribution in [2.75, 3.05) is 17.1 Å². The number of nitrogens with one attached hydrogen (secondary N) is 1. The van der Waals surface area contributed by atoms with Gasteiger partial charge in [0.05, 0.1) is 11.9 Å². The fourth-order valence-electron chi connectivity index (χ4n) is 5.18. The van der Waals surface area contributed by atoms with E-state index in [0.717, 1.165) is 47.4 Å². The van der Waals surface area contributed by atoms with Crippen molar-refractivity contribution < 1.29 is 22.7 Å². The van der Waals surface area contributed by atoms with Crippen LogP contribution in [0.4, 0.5) is 5.69 Å². The van der Waals surface area contributed by atoms with Crippen LogP contribution in [0.1, 0.15) is 50.2 Å². The normalized spacial score (nSPS) is 14.3. The minimum Gasteiger partial charge on any atom is -0.457 e. The molecule has 1 aliphatic carbocycles. The topological polar surface area (TPSA) is 96.0 Å². The number of hydrogen-bond donors (Lipinski definition) is 1. The van der Waals surface area contributed by atoms with Crippen LogP contribution in [0.15, 0.2) is 78.9 Å². The van der Waals surface area contributed by atoms with Crippen LogP contribution in [0.25, 0.3) is 0 Å². The maximum Gasteiger partial charge on any atom is 0.244 e. The number of anilines is 1. The first-order valence-corrected chi connectivity index (χ1v) is 16.0. The first-order chi connectivity index (χ1) is 19.7. The Kier molecular flexibility index (Phi) is 10.0. The van der Waals surface area contributed by atoms with E-state index in [-0.39, 0.29) is 18.5 Å². The van der Waals surface area contributed by atoms with Crippen LogP contribution in [0.3, 0.4) is 0 Å². The lowest BCUT2D eigenvalue weighted by Gasteiger charge is -2.33. The Labute approximate surface area is 243 Å². The maximum absolute atomic E-state index is 14.0. The van der Waals surface area contributed by atoms with Gasteiger partial charge in [-0.15, -0.1) is 0 Å². The summed E-state index contributed by atoms with van der Waals surface area (Å²) in [6.07, 6.45) is 5.49. The summed E-state index contributed by atoms with van der Waals surface area (Å²) in [5.41, 5.74) is 2.23. The molecule has 0 unspecified atom stereocenters. The predicted octanol–water partition coefficient (Wildman–Crippen LogP) is 5.42. The molecule has 2 amide bonds. The van der Waals surface area contributed by atoms with Crippen LogP contribution in [0.2, 0.25) is 0 Å². The second-order valence-electron chi connectivity index (χ2n) is 10.5. The van der Waals surface area contributed by atoms with Crippen LogP contribution in [0.5, 0.6) is 11.5 Å². The first kappa shape index (κ1) is 30.1. The van der Waals surface area contributed by atoms with E-state index >= 15 is 0 Å². The molecule has 0 spiro atoms. The van der Waals surface area contributed by atoms with Gasteiger partial charge in [0, 0.05) is 12.6 Å². The summed E-state index contributed by atoms with van der Waals surface area (Å²) >= 11 is 0. The standard InChI is InChI=1S/C32H39N3O5S/c1-4-30(32(37)33-26-14-10-11-15-26)34(22-25-13-9-8-12-24(25)2)31(36)23-35(41(3,38)39)27-18-20-29(21-19-27)40-28-16-6-5-7-17-28/h5-9,12-13,16-21,26,30H,4,10-11,14-15,22-23H2,1-3H3,(H,33,37)/t30-/m1/s1. The lowest BCUT2D eigenvalue weighted by Crippen LogP contribution is -2.53. The number of sulfonamides is 1. The van der Waals surface area contributed by atoms with Crippen molar-refractivity contribution in [3.8, 4) is 11.5 Å². The van der Waals surface area contributed by atoms with Gasteiger partial charge in [-0.1, -0.05) is 62.2 Å². The third kappa shape index (κ3) is 8.10. The third-order valence-electron chi connectivity index (χ3n) is 7.47. The molecular weight excluding hydrogens is 538 g/mol. The second kappa shape index (κ2) is 13.7. The van der Waals surface area contributed by atoms with E-state index in [9.17, 15) is 18.0 Å². The quantitative estimate of drug-likeness (QED) is 0.310. The van der Waals surface area contributed by atoms with Crippen molar-refractivity contribution >= 4 is 27.5 Å². The fraction of sp³-hybridized carbons (Fsp3) is 0.375. The van der Waals surface area contributed by atoms with E-state index in [1.54, 1.807) is 24.3 Å². The SMILES string of the molecule is CC[C@H](C(=O)NC1CCCC1)N(Cc1ccccc1C)C(=O)CN(c1ccc(Oc2ccccc2)cc1)S(C)(=O)=O. The molecule has 0 aromatic heterocycles. The van der Waals surface area contributed by atoms with Crippen molar-refractivity contribution in [3.63, 3.8) is 0 Å². The minimum absolute atomic E-state index is 0.108. The number of carbonyl (C=O) groups excluding carboxylic acids is 2. The Morgan fingerprint density at radius 3 is 2.15 bits per heavy atom. The molecule has 3 aromatic rings. The van der Waals surface area contributed by atoms with Gasteiger partial charge in [0.2, 0.25) is 21.8 Å². The van der Waals surface area contributed by atoms with Crippen LogP contribution < -0.4 is 14.4 Å². The number of nitrogens with zero attached hydrogens (tertiary/aromatic N) is 2. The van der Waals surface area contributed by atoms with Crippen LogP contribution in [0, 0.1) is 6.92 Å². The van der Waals surface area contributed by atoms with Crippen molar-refractivity contribution in [1.82, 2.24) is 10.2 Å². The van der Waals surface area contributed by atoms with Gasteiger partial charge >= 0.3 is 0 Å². The largest absolute Gasteiger partial charge is 0.457 e. The zero-order chi connectivity index (χ0) is 29.4. The molecule has 1 N–H and O–H groups in total. The molecule has 1 fully saturated rings. The van der Waals surface area contributed by atoms with Crippen molar-refractivity contribution in [2.24, 2.45) is 0 Å². The molecule has 3 aromatic carbocycles. The smallest absolute Gasteiger partial charge is 0.244 e. The number of ether oxygens (including phenoxy) is 1. The van der Waals surface area contributed by atoms with Crippen molar-refractivity contribution in [1.29, 1.82) is 0 Å². The maximum atomic E-state index is 14.0. The lowest BCUT2D eigenvalue weighted by molar-refractivity contribution is -0.140. The number of benzene rings is 3. The monoisotopic (exact) mass is 577 g/mol. The summed E-state index contributed by atoms with van der Waals surface area (Å²) in [7, 11) is -3.83. The highest BCUT2D eigenvalue weighted by molar-refractivity contribution is 7.92. The zero-order valence-corrected chi connectivity index (χ0v) is 24.8. The molecule has 41 heavy (non-hydrogen) atoms. The summed E-state index contributed by atoms with van der Waals surface area (Å²) in [6, 6.07) is 22.9. The van der Waals surface area contributed by atoms with Crippen LogP contribution in [-0.2, 0) is 26.2 Å². The Morgan fingerprint density at radius 2 is 1.54 bits per heavy atom. The van der Waals surface area contributed by atoms with Gasteiger partial charge < -0.3 is 15.0 Å². The number of aryl methyl sites for hydroxylation is 1. The summed E-state index contributed by atoms with van der Waals surface area (Å²) in [5.74, 6) is 0.547. The van der Waals surface area contributed by atoms with Crippen molar-refractivity contribution in [3.05, 3.63) is 90.0 Å². The van der Waals surface area contributed by atoms with Gasteiger partial charge in [0.15, 0.2) is 0 Å². The van der Waals surface area contributed by atoms with Crippen LogP contribution in [-0.4, -0.2) is 50.0 Å². The van der Waals surface area contributed by atoms with Gasteiger partial charge in [-0.05, 0) is 73.7 Å². The number of para-hydroxylation sites is 1. The second-order valence-corrected chi connectivity index (χ2v) is 12.4. The molecule has 0 heterocycles. The Bertz CT molecular complexity index is 1420. The van der Waals surface area contributed by atoms with Gasteiger partial charge in [-0.2, -0.15) is 0 Å². The summed E-state index contributed by atoms with van der Waals surface area (Å²) < 4.78 is 32.8. The molecule has 1 atom stereocenters. The average Bonchev–Trinajstić information content (AvgIpc) is 3.46. The molecule has 9 heteroatoms. The van der Waals surface area contributed by atoms with Gasteiger partial charge in [0.1, 0.15) is 24.1 Å². The molecule has 1 saturated carbocycles. The van der Waals surface area contributed by atoms with E-state index in [0.29, 0.717) is 23.6 Å². The Hall–Kier alpha value is -3.85. The highest BCUT2D eigenvalue weighted by Crippen LogP contribution is 2.26. The molecule has 0 saturated heterocycles. The summed E-state index contributed by atoms with van der Waals surface area (Å²) in [4.78, 5) is 28.9. The van der Waals surface area contributed by atoms with Gasteiger partial charge in [-0.25, -0.2) is 8.42 Å². The number of rotatable bonds is 12. The fourth-order valence-corrected chi connectivity index (χ4v) is 6.03. The molecule has 0 radical (unpaired) electrons. The highest BCUT2D eigenvalue weighted by Gasteiger charge is 2.33. The highest BCUT2D eigenvalue weighted by atomic mass is 32.2. The molecule has 1 aliphatic rings. The van der Waals surface area contributed by atoms with Crippen LogP contribution >= 0.6 is 0 Å². The van der Waals surface area contributed by atoms with E-state index in [1.807, 2.05) is 68.4 Å². The Balaban J connectivity index is 1.59. The summed E-state index contributed by atoms with van der Waals surface area (Å²) in [5, 5.41) is 3.13. The van der Waals surface area contributed by atoms with Crippen molar-refractivity contribution in [2.45, 2.75) is 64.6 Å². The first-order valence-electron chi connectivity index (χ1n) is 14.1. The molecule has 4 rings (SSSR count). The molecule has 8 nitrogen and oxygen atoms in total. The molecule has 0 aliphatic heterocycles. The predicted molar refractivity (Wildman–Crippen MR) is 161 cm³/mol. The molecular formula is C32H39N3O5S. The van der Waals surface area contributed by atoms with Gasteiger partial charge in [0.25, 0.3) is 0 Å². The third-order valence-corrected chi connectivity index (χ3v) is 8.61. The van der Waals surface area contributed by atoms with E-state index in [4.69, 9.17) is 4.74 Å². The van der Waals surface area contributed by atoms with E-state index < -0.39 is 28.5 Å². The number of carbonyl (C=O) groups is 2. The minimum atomic E-state index is -3.83.